The first kappa shape index (κ1) is 32.6. The molecule has 1 aromatic heterocycles. The third kappa shape index (κ3) is 6.18. The molecule has 0 radical (unpaired) electrons. The lowest BCUT2D eigenvalue weighted by molar-refractivity contribution is -0.148. The molecule has 0 saturated carbocycles. The molecule has 4 atom stereocenters. The molecule has 48 heavy (non-hydrogen) atoms. The summed E-state index contributed by atoms with van der Waals surface area (Å²) in [5.74, 6) is -1.42. The number of carbonyl (C=O) groups is 3. The van der Waals surface area contributed by atoms with Gasteiger partial charge in [-0.3, -0.25) is 14.4 Å². The molecule has 0 aliphatic carbocycles. The van der Waals surface area contributed by atoms with Crippen LogP contribution in [0.3, 0.4) is 0 Å². The fourth-order valence-electron chi connectivity index (χ4n) is 6.84. The Morgan fingerprint density at radius 2 is 1.77 bits per heavy atom. The summed E-state index contributed by atoms with van der Waals surface area (Å²) < 4.78 is 15.3. The quantitative estimate of drug-likeness (QED) is 0.282. The lowest BCUT2D eigenvalue weighted by Crippen LogP contribution is -2.54. The second-order valence-corrected chi connectivity index (χ2v) is 13.9. The molecule has 11 heteroatoms. The number of para-hydroxylation sites is 1. The standard InChI is InChI=1S/C37H38FN7O3/c1-36(2,3)20-32(34(47)44-23-37(19-27(44)21-39)28-12-8-9-13-29(28)40-35(37)48)43(4)33(46)31(18-24-14-16-26(38)17-15-24)45-22-30(41-42-45)25-10-6-5-7-11-25/h5-17,22,27,31-32H,18-20,23H2,1-4H3,(H,40,48)/t27-,31?,32-,37-/m0/s1. The topological polar surface area (TPSA) is 124 Å². The van der Waals surface area contributed by atoms with Gasteiger partial charge in [0, 0.05) is 37.7 Å². The van der Waals surface area contributed by atoms with E-state index in [9.17, 15) is 24.0 Å². The van der Waals surface area contributed by atoms with Crippen molar-refractivity contribution < 1.29 is 18.8 Å². The van der Waals surface area contributed by atoms with Gasteiger partial charge in [0.1, 0.15) is 29.6 Å². The van der Waals surface area contributed by atoms with Gasteiger partial charge in [0.25, 0.3) is 0 Å². The summed E-state index contributed by atoms with van der Waals surface area (Å²) in [6.45, 7) is 5.98. The maximum absolute atomic E-state index is 14.6. The van der Waals surface area contributed by atoms with Gasteiger partial charge in [0.05, 0.1) is 17.7 Å². The lowest BCUT2D eigenvalue weighted by Gasteiger charge is -2.37. The summed E-state index contributed by atoms with van der Waals surface area (Å²) >= 11 is 0. The Balaban J connectivity index is 1.34. The van der Waals surface area contributed by atoms with Gasteiger partial charge in [0.2, 0.25) is 17.7 Å². The maximum Gasteiger partial charge on any atom is 0.248 e. The summed E-state index contributed by atoms with van der Waals surface area (Å²) in [5.41, 5.74) is 2.12. The van der Waals surface area contributed by atoms with Gasteiger partial charge in [-0.25, -0.2) is 9.07 Å². The van der Waals surface area contributed by atoms with E-state index in [0.717, 1.165) is 11.1 Å². The van der Waals surface area contributed by atoms with Gasteiger partial charge in [0.15, 0.2) is 0 Å². The number of nitriles is 1. The lowest BCUT2D eigenvalue weighted by atomic mass is 9.80. The van der Waals surface area contributed by atoms with Crippen molar-refractivity contribution in [2.24, 2.45) is 5.41 Å². The van der Waals surface area contributed by atoms with Crippen molar-refractivity contribution in [2.75, 3.05) is 18.9 Å². The number of hydrogen-bond acceptors (Lipinski definition) is 6. The minimum absolute atomic E-state index is 0.0259. The van der Waals surface area contributed by atoms with Crippen LogP contribution in [0.15, 0.2) is 85.1 Å². The van der Waals surface area contributed by atoms with Crippen molar-refractivity contribution in [3.05, 3.63) is 102 Å². The highest BCUT2D eigenvalue weighted by molar-refractivity contribution is 6.07. The fourth-order valence-corrected chi connectivity index (χ4v) is 6.84. The van der Waals surface area contributed by atoms with Gasteiger partial charge >= 0.3 is 0 Å². The molecule has 246 valence electrons. The first-order valence-electron chi connectivity index (χ1n) is 16.0. The molecule has 2 aliphatic heterocycles. The molecular formula is C37H38FN7O3. The summed E-state index contributed by atoms with van der Waals surface area (Å²) in [6.07, 6.45) is 2.32. The van der Waals surface area contributed by atoms with Crippen LogP contribution in [0.4, 0.5) is 10.1 Å². The number of hydrogen-bond donors (Lipinski definition) is 1. The normalized spacial score (nSPS) is 19.8. The van der Waals surface area contributed by atoms with E-state index in [-0.39, 0.29) is 30.7 Å². The Morgan fingerprint density at radius 1 is 1.08 bits per heavy atom. The molecule has 2 aliphatic rings. The van der Waals surface area contributed by atoms with Gasteiger partial charge in [-0.1, -0.05) is 86.6 Å². The zero-order chi connectivity index (χ0) is 34.2. The molecule has 1 unspecified atom stereocenters. The predicted molar refractivity (Wildman–Crippen MR) is 178 cm³/mol. The van der Waals surface area contributed by atoms with Crippen molar-refractivity contribution >= 4 is 23.4 Å². The van der Waals surface area contributed by atoms with E-state index in [2.05, 4.69) is 21.7 Å². The minimum atomic E-state index is -1.05. The number of rotatable bonds is 8. The van der Waals surface area contributed by atoms with Crippen molar-refractivity contribution in [3.63, 3.8) is 0 Å². The van der Waals surface area contributed by atoms with E-state index in [1.54, 1.807) is 25.4 Å². The maximum atomic E-state index is 14.6. The Kier molecular flexibility index (Phi) is 8.60. The Morgan fingerprint density at radius 3 is 2.46 bits per heavy atom. The summed E-state index contributed by atoms with van der Waals surface area (Å²) in [4.78, 5) is 45.5. The van der Waals surface area contributed by atoms with Crippen molar-refractivity contribution in [1.82, 2.24) is 24.8 Å². The number of nitrogens with one attached hydrogen (secondary N) is 1. The number of nitrogens with zero attached hydrogens (tertiary/aromatic N) is 6. The molecular weight excluding hydrogens is 609 g/mol. The van der Waals surface area contributed by atoms with Crippen molar-refractivity contribution in [2.45, 2.75) is 63.6 Å². The predicted octanol–water partition coefficient (Wildman–Crippen LogP) is 5.15. The average Bonchev–Trinajstić information content (AvgIpc) is 3.79. The van der Waals surface area contributed by atoms with Crippen LogP contribution in [0.5, 0.6) is 0 Å². The highest BCUT2D eigenvalue weighted by atomic mass is 19.1. The largest absolute Gasteiger partial charge is 0.332 e. The molecule has 4 aromatic rings. The van der Waals surface area contributed by atoms with Gasteiger partial charge in [-0.2, -0.15) is 5.26 Å². The van der Waals surface area contributed by atoms with Crippen molar-refractivity contribution in [3.8, 4) is 17.3 Å². The molecule has 1 saturated heterocycles. The third-order valence-electron chi connectivity index (χ3n) is 9.35. The van der Waals surface area contributed by atoms with Crippen LogP contribution in [0.1, 0.15) is 50.8 Å². The zero-order valence-electron chi connectivity index (χ0n) is 27.4. The Labute approximate surface area is 279 Å². The summed E-state index contributed by atoms with van der Waals surface area (Å²) in [6, 6.07) is 22.3. The number of carbonyl (C=O) groups excluding carboxylic acids is 3. The van der Waals surface area contributed by atoms with E-state index >= 15 is 0 Å². The number of benzene rings is 3. The molecule has 1 fully saturated rings. The smallest absolute Gasteiger partial charge is 0.248 e. The first-order chi connectivity index (χ1) is 22.9. The Bertz CT molecular complexity index is 1880. The molecule has 1 N–H and O–H groups in total. The van der Waals surface area contributed by atoms with E-state index in [0.29, 0.717) is 23.4 Å². The number of likely N-dealkylation sites (tertiary alicyclic amines) is 1. The van der Waals surface area contributed by atoms with E-state index in [4.69, 9.17) is 0 Å². The number of amides is 3. The van der Waals surface area contributed by atoms with Crippen LogP contribution in [0, 0.1) is 22.6 Å². The second-order valence-electron chi connectivity index (χ2n) is 13.9. The number of aromatic nitrogens is 3. The molecule has 6 rings (SSSR count). The van der Waals surface area contributed by atoms with E-state index in [1.165, 1.54) is 26.6 Å². The zero-order valence-corrected chi connectivity index (χ0v) is 27.4. The van der Waals surface area contributed by atoms with Gasteiger partial charge in [-0.05, 0) is 41.2 Å². The average molecular weight is 648 g/mol. The SMILES string of the molecule is CN(C(=O)C(Cc1ccc(F)cc1)n1cc(-c2ccccc2)nn1)[C@@H](CC(C)(C)C)C(=O)N1C[C@]2(C[C@H]1C#N)C(=O)Nc1ccccc12. The number of fused-ring (bicyclic) bond motifs is 2. The third-order valence-corrected chi connectivity index (χ3v) is 9.35. The van der Waals surface area contributed by atoms with E-state index in [1.807, 2.05) is 75.4 Å². The van der Waals surface area contributed by atoms with Crippen LogP contribution in [0.25, 0.3) is 11.3 Å². The minimum Gasteiger partial charge on any atom is -0.332 e. The monoisotopic (exact) mass is 647 g/mol. The van der Waals surface area contributed by atoms with Crippen molar-refractivity contribution in [1.29, 1.82) is 5.26 Å². The summed E-state index contributed by atoms with van der Waals surface area (Å²) in [7, 11) is 1.59. The van der Waals surface area contributed by atoms with Crippen LogP contribution >= 0.6 is 0 Å². The number of anilines is 1. The van der Waals surface area contributed by atoms with Gasteiger partial charge in [-0.15, -0.1) is 5.10 Å². The van der Waals surface area contributed by atoms with Crippen LogP contribution in [-0.2, 0) is 26.2 Å². The molecule has 1 spiro atoms. The fraction of sp³-hybridized carbons (Fsp3) is 0.351. The van der Waals surface area contributed by atoms with Gasteiger partial charge < -0.3 is 15.1 Å². The second kappa shape index (κ2) is 12.7. The molecule has 3 amide bonds. The van der Waals surface area contributed by atoms with Crippen LogP contribution < -0.4 is 5.32 Å². The molecule has 10 nitrogen and oxygen atoms in total. The number of halogens is 1. The summed E-state index contributed by atoms with van der Waals surface area (Å²) in [5, 5.41) is 21.8. The highest BCUT2D eigenvalue weighted by Gasteiger charge is 2.57. The molecule has 0 bridgehead atoms. The van der Waals surface area contributed by atoms with E-state index < -0.39 is 41.2 Å². The molecule has 3 heterocycles. The molecule has 3 aromatic carbocycles. The first-order valence-corrected chi connectivity index (χ1v) is 16.0. The Hall–Kier alpha value is -5.37. The number of likely N-dealkylation sites (N-methyl/N-ethyl adjacent to an activating group) is 1. The van der Waals surface area contributed by atoms with Crippen LogP contribution in [-0.4, -0.2) is 68.2 Å². The van der Waals surface area contributed by atoms with Crippen LogP contribution in [0.2, 0.25) is 0 Å². The highest BCUT2D eigenvalue weighted by Crippen LogP contribution is 2.46.